The molecule has 0 saturated heterocycles. The van der Waals surface area contributed by atoms with E-state index < -0.39 is 251 Å². The lowest BCUT2D eigenvalue weighted by molar-refractivity contribution is -0.161. The number of carbonyl (C=O) groups is 8. The van der Waals surface area contributed by atoms with Crippen LogP contribution in [0.15, 0.2) is 82.5 Å². The lowest BCUT2D eigenvalue weighted by Gasteiger charge is -2.38. The number of nitrogens with zero attached hydrogens (tertiary/aromatic N) is 2. The van der Waals surface area contributed by atoms with Crippen LogP contribution in [0, 0.1) is 61.2 Å². The Bertz CT molecular complexity index is 4350. The number of phenols is 6. The number of hydrazone groups is 2. The maximum atomic E-state index is 14.8. The van der Waals surface area contributed by atoms with E-state index in [0.717, 1.165) is 25.0 Å². The number of hydrogen-bond donors (Lipinski definition) is 14. The Morgan fingerprint density at radius 3 is 1.16 bits per heavy atom. The van der Waals surface area contributed by atoms with E-state index in [4.69, 9.17) is 37.9 Å². The molecule has 4 aromatic rings. The largest absolute Gasteiger partial charge is 0.507 e. The summed E-state index contributed by atoms with van der Waals surface area (Å²) in [5.41, 5.74) is 0.432. The Labute approximate surface area is 639 Å². The minimum Gasteiger partial charge on any atom is -0.507 e. The predicted molar refractivity (Wildman–Crippen MR) is 404 cm³/mol. The summed E-state index contributed by atoms with van der Waals surface area (Å²) in [6, 6.07) is 0. The molecule has 4 aromatic carbocycles. The molecular formula is C79H98N6O26. The molecule has 6 aliphatic rings. The fraction of sp³-hybridized carbons (Fsp3) is 0.468. The van der Waals surface area contributed by atoms with E-state index in [1.54, 1.807) is 67.5 Å². The van der Waals surface area contributed by atoms with Gasteiger partial charge in [-0.1, -0.05) is 91.8 Å². The first-order valence-electron chi connectivity index (χ1n) is 35.8. The van der Waals surface area contributed by atoms with Gasteiger partial charge in [-0.25, -0.2) is 10.9 Å². The maximum Gasteiger partial charge on any atom is 0.312 e. The molecule has 6 aliphatic heterocycles. The van der Waals surface area contributed by atoms with E-state index >= 15 is 0 Å². The lowest BCUT2D eigenvalue weighted by atomic mass is 9.78. The average Bonchev–Trinajstić information content (AvgIpc) is 1.62. The SMILES string of the molecule is CO[C@H]1/C=C/O[C@@]2(C)Oc3c(C)c(O)c4c(O)c(c(/C=N/NC(=O)CC(=O)N/N=C/c5c6c(O)c7c(O)c(C)c8c(c7c5O)C(=O)[C@@](C)(O/C=C/[C@H](OC)[C@@H](C)[C@@H](OC(C)=O)[C@H](C)[C@H](O)[C@H](C)[C@@H](O)[C@@H](C)/C=C/C=C(/C)C(=O)N6)O8)c(O)c4c3C2=O)NC(=O)/C(C)=C\C=C\[C@H](C)[C@H](O)[C@@H](C)[C@@H](O)[C@@H](C)[C@H](OC(C)=O)[C@@H]1C. The van der Waals surface area contributed by atoms with Crippen molar-refractivity contribution in [3.63, 3.8) is 0 Å². The van der Waals surface area contributed by atoms with Crippen LogP contribution in [-0.2, 0) is 57.2 Å². The number of aliphatic hydroxyl groups excluding tert-OH is 4. The Kier molecular flexibility index (Phi) is 26.7. The molecule has 0 aliphatic carbocycles. The molecular weight excluding hydrogens is 1450 g/mol. The van der Waals surface area contributed by atoms with Gasteiger partial charge in [0, 0.05) is 122 Å². The van der Waals surface area contributed by atoms with Crippen molar-refractivity contribution >= 4 is 92.5 Å². The molecule has 0 fully saturated rings. The third kappa shape index (κ3) is 17.2. The number of ketones is 2. The van der Waals surface area contributed by atoms with Crippen LogP contribution < -0.4 is 31.0 Å². The second-order valence-electron chi connectivity index (χ2n) is 29.0. The van der Waals surface area contributed by atoms with Gasteiger partial charge in [0.25, 0.3) is 23.4 Å². The quantitative estimate of drug-likeness (QED) is 0.0180. The topological polar surface area (TPSA) is 486 Å². The number of Topliss-reactive ketones (excluding diaryl/α,β-unsaturated/α-hetero) is 2. The Morgan fingerprint density at radius 1 is 0.495 bits per heavy atom. The van der Waals surface area contributed by atoms with Crippen molar-refractivity contribution in [3.05, 3.63) is 106 Å². The summed E-state index contributed by atoms with van der Waals surface area (Å²) in [5.74, 6) is -24.0. The highest BCUT2D eigenvalue weighted by atomic mass is 16.7. The van der Waals surface area contributed by atoms with E-state index in [-0.39, 0.29) is 33.8 Å². The number of rotatable bonds is 10. The zero-order valence-electron chi connectivity index (χ0n) is 64.8. The molecule has 0 saturated carbocycles. The normalized spacial score (nSPS) is 31.3. The van der Waals surface area contributed by atoms with E-state index in [0.29, 0.717) is 0 Å². The number of nitrogens with one attached hydrogen (secondary N) is 4. The molecule has 0 spiro atoms. The minimum atomic E-state index is -2.28. The Balaban J connectivity index is 1.15. The van der Waals surface area contributed by atoms with E-state index in [9.17, 15) is 89.4 Å². The van der Waals surface area contributed by atoms with Gasteiger partial charge in [0.05, 0.1) is 106 Å². The maximum absolute atomic E-state index is 14.8. The van der Waals surface area contributed by atoms with Crippen molar-refractivity contribution in [2.24, 2.45) is 57.5 Å². The highest BCUT2D eigenvalue weighted by Crippen LogP contribution is 2.57. The van der Waals surface area contributed by atoms with Crippen LogP contribution in [0.2, 0.25) is 0 Å². The number of hydrogen-bond acceptors (Lipinski definition) is 28. The van der Waals surface area contributed by atoms with Gasteiger partial charge in [0.1, 0.15) is 53.1 Å². The van der Waals surface area contributed by atoms with Crippen LogP contribution in [0.5, 0.6) is 46.0 Å². The molecule has 600 valence electrons. The first-order chi connectivity index (χ1) is 52.0. The van der Waals surface area contributed by atoms with Crippen LogP contribution >= 0.6 is 0 Å². The molecule has 0 aromatic heterocycles. The van der Waals surface area contributed by atoms with Gasteiger partial charge in [-0.05, 0) is 39.8 Å². The molecule has 14 N–H and O–H groups in total. The summed E-state index contributed by atoms with van der Waals surface area (Å²) in [6.45, 7) is 23.4. The number of fused-ring (bicyclic) bond motifs is 28. The molecule has 32 heteroatoms. The number of benzene rings is 4. The zero-order valence-corrected chi connectivity index (χ0v) is 64.8. The number of methoxy groups -OCH3 is 2. The number of ether oxygens (including phenoxy) is 8. The standard InChI is InChI=1S/C79H98N6O26/c1-32-21-19-23-34(3)76(102)82-58-46(66(96)52-54(68(58)98)64(94)42(11)72-56(52)74(100)78(15,110-72)106-27-25-48(104-17)36(5)70(108-44(13)86)40(9)62(92)38(7)60(32)90)30-80-84-50(88)29-51(89)85-81-31-47-59-69(99)55-53(67(47)97)57-73(43(12)65(55)95)111-79(16,75(57)101)107-28-26-49(105-18)37(6)71(109-45(14)87)41(10)63(93)39(8)61(91)33(2)22-20-24-35(4)77(103)83-59/h19-28,30-33,36-41,48-49,60-63,70-71,90-99H,29H2,1-18H3,(H,82,102)(H,83,103)(H,84,88)(H,85,89)/b21-19+,22-20+,27-25+,28-26+,34-23-,35-24-,80-30+,81-31+/t32-,33-,36+,37+,38+,39+,40+,41+,48-,49-,60-,61-,62+,63+,70+,71+,78-,79-/m0/s1. The fourth-order valence-corrected chi connectivity index (χ4v) is 14.3. The second-order valence-corrected chi connectivity index (χ2v) is 29.0. The molecule has 0 unspecified atom stereocenters. The summed E-state index contributed by atoms with van der Waals surface area (Å²) in [4.78, 5) is 110. The van der Waals surface area contributed by atoms with E-state index in [2.05, 4.69) is 31.7 Å². The number of esters is 2. The first-order valence-corrected chi connectivity index (χ1v) is 35.8. The van der Waals surface area contributed by atoms with E-state index in [1.807, 2.05) is 0 Å². The summed E-state index contributed by atoms with van der Waals surface area (Å²) in [6.07, 6.45) is 5.13. The van der Waals surface area contributed by atoms with Crippen molar-refractivity contribution in [3.8, 4) is 46.0 Å². The van der Waals surface area contributed by atoms with Gasteiger partial charge in [-0.2, -0.15) is 10.2 Å². The van der Waals surface area contributed by atoms with Crippen LogP contribution in [-0.4, -0.2) is 185 Å². The van der Waals surface area contributed by atoms with Crippen molar-refractivity contribution in [2.75, 3.05) is 24.9 Å². The van der Waals surface area contributed by atoms with Crippen LogP contribution in [0.25, 0.3) is 21.5 Å². The number of phenolic OH excluding ortho intramolecular Hbond substituents is 6. The lowest BCUT2D eigenvalue weighted by Crippen LogP contribution is -2.46. The highest BCUT2D eigenvalue weighted by molar-refractivity contribution is 6.25. The number of anilines is 2. The Morgan fingerprint density at radius 2 is 0.838 bits per heavy atom. The van der Waals surface area contributed by atoms with Gasteiger partial charge in [0.15, 0.2) is 11.5 Å². The summed E-state index contributed by atoms with van der Waals surface area (Å²) in [7, 11) is 2.72. The van der Waals surface area contributed by atoms with Gasteiger partial charge in [0.2, 0.25) is 11.8 Å². The van der Waals surface area contributed by atoms with Crippen molar-refractivity contribution in [1.29, 1.82) is 0 Å². The number of amides is 4. The Hall–Kier alpha value is -10.9. The van der Waals surface area contributed by atoms with Gasteiger partial charge in [-0.15, -0.1) is 0 Å². The highest BCUT2D eigenvalue weighted by Gasteiger charge is 2.52. The molecule has 32 nitrogen and oxygen atoms in total. The van der Waals surface area contributed by atoms with E-state index in [1.165, 1.54) is 106 Å². The van der Waals surface area contributed by atoms with Crippen molar-refractivity contribution in [2.45, 2.75) is 178 Å². The molecule has 10 bridgehead atoms. The third-order valence-electron chi connectivity index (χ3n) is 21.2. The van der Waals surface area contributed by atoms with Crippen LogP contribution in [0.1, 0.15) is 146 Å². The molecule has 0 radical (unpaired) electrons. The van der Waals surface area contributed by atoms with Gasteiger partial charge < -0.3 is 99.6 Å². The summed E-state index contributed by atoms with van der Waals surface area (Å²) < 4.78 is 47.3. The number of allylic oxidation sites excluding steroid dienone is 4. The molecule has 111 heavy (non-hydrogen) atoms. The molecule has 6 heterocycles. The summed E-state index contributed by atoms with van der Waals surface area (Å²) >= 11 is 0. The van der Waals surface area contributed by atoms with Gasteiger partial charge >= 0.3 is 23.5 Å². The van der Waals surface area contributed by atoms with Crippen LogP contribution in [0.3, 0.4) is 0 Å². The van der Waals surface area contributed by atoms with Gasteiger partial charge in [-0.3, -0.25) is 38.4 Å². The van der Waals surface area contributed by atoms with Crippen molar-refractivity contribution in [1.82, 2.24) is 10.9 Å². The average molecular weight is 1550 g/mol. The monoisotopic (exact) mass is 1550 g/mol. The van der Waals surface area contributed by atoms with Crippen LogP contribution in [0.4, 0.5) is 11.4 Å². The fourth-order valence-electron chi connectivity index (χ4n) is 14.3. The first kappa shape index (κ1) is 85.7. The predicted octanol–water partition coefficient (Wildman–Crippen LogP) is 7.81. The summed E-state index contributed by atoms with van der Waals surface area (Å²) in [5, 5.41) is 130. The molecule has 4 amide bonds. The smallest absolute Gasteiger partial charge is 0.312 e. The third-order valence-corrected chi connectivity index (χ3v) is 21.2. The minimum absolute atomic E-state index is 0.0502. The molecule has 10 rings (SSSR count). The number of aromatic hydroxyl groups is 6. The second kappa shape index (κ2) is 34.6. The number of aliphatic hydroxyl groups is 4. The zero-order chi connectivity index (χ0) is 82.6. The van der Waals surface area contributed by atoms with Crippen molar-refractivity contribution < 1.29 is 127 Å². The number of carbonyl (C=O) groups excluding carboxylic acids is 8. The molecule has 18 atom stereocenters.